The number of carbonyl (C=O) groups is 6. The first kappa shape index (κ1) is 81.0. The number of allylic oxidation sites excluding steroid dienone is 8. The molecule has 0 aliphatic heterocycles. The first-order valence-corrected chi connectivity index (χ1v) is 34.7. The van der Waals surface area contributed by atoms with Gasteiger partial charge in [0.05, 0.1) is 0 Å². The van der Waals surface area contributed by atoms with Crippen LogP contribution >= 0.6 is 0 Å². The van der Waals surface area contributed by atoms with E-state index in [1.165, 1.54) is 136 Å². The van der Waals surface area contributed by atoms with Crippen molar-refractivity contribution in [3.63, 3.8) is 0 Å². The van der Waals surface area contributed by atoms with Crippen LogP contribution in [0.1, 0.15) is 382 Å². The molecule has 4 unspecified atom stereocenters. The summed E-state index contributed by atoms with van der Waals surface area (Å²) >= 11 is 0. The number of carbonyl (C=O) groups excluding carboxylic acids is 6. The number of unbranched alkanes of at least 4 members (excludes halogenated alkanes) is 4. The molecular formula is C76H136O6. The second kappa shape index (κ2) is 45.3. The van der Waals surface area contributed by atoms with Gasteiger partial charge in [0.15, 0.2) is 23.1 Å². The molecule has 0 saturated carbocycles. The molecule has 0 aromatic carbocycles. The summed E-state index contributed by atoms with van der Waals surface area (Å²) in [6.07, 6.45) is 41.1. The van der Waals surface area contributed by atoms with Gasteiger partial charge < -0.3 is 9.59 Å². The van der Waals surface area contributed by atoms with Crippen molar-refractivity contribution in [1.29, 1.82) is 0 Å². The van der Waals surface area contributed by atoms with Gasteiger partial charge in [0.25, 0.3) is 0 Å². The summed E-state index contributed by atoms with van der Waals surface area (Å²) in [7, 11) is 0. The lowest BCUT2D eigenvalue weighted by atomic mass is 9.68. The largest absolute Gasteiger partial charge is 0.300 e. The summed E-state index contributed by atoms with van der Waals surface area (Å²) in [5.41, 5.74) is 11.6. The van der Waals surface area contributed by atoms with Crippen molar-refractivity contribution in [1.82, 2.24) is 0 Å². The SMILES string of the molecule is CCCC(C)=O.CCCC1=C(CC)C(=O)CC(C)(CCC)C1.CCCCC(C)=O.CCCCC1=C(CC)C(=O)CC(C)(CCC)C1.CCCCC1=C(CCC)C(=O)CC(C)(CCC)C1.CCCCC1=C(CCC)C(=O)CC(C)(CCC)C1. The summed E-state index contributed by atoms with van der Waals surface area (Å²) in [5, 5.41) is 0. The Morgan fingerprint density at radius 3 is 0.744 bits per heavy atom. The highest BCUT2D eigenvalue weighted by atomic mass is 16.1. The molecule has 4 aliphatic carbocycles. The maximum atomic E-state index is 12.4. The van der Waals surface area contributed by atoms with Gasteiger partial charge in [-0.1, -0.05) is 218 Å². The first-order chi connectivity index (χ1) is 38.8. The van der Waals surface area contributed by atoms with Crippen molar-refractivity contribution >= 4 is 34.7 Å². The third-order valence-corrected chi connectivity index (χ3v) is 17.6. The van der Waals surface area contributed by atoms with Gasteiger partial charge in [0.2, 0.25) is 0 Å². The molecule has 6 nitrogen and oxygen atoms in total. The number of hydrogen-bond acceptors (Lipinski definition) is 6. The van der Waals surface area contributed by atoms with E-state index in [2.05, 4.69) is 118 Å². The van der Waals surface area contributed by atoms with Gasteiger partial charge in [0.1, 0.15) is 11.6 Å². The minimum atomic E-state index is 0.242. The van der Waals surface area contributed by atoms with Crippen LogP contribution in [0.3, 0.4) is 0 Å². The van der Waals surface area contributed by atoms with Crippen molar-refractivity contribution in [3.05, 3.63) is 44.6 Å². The van der Waals surface area contributed by atoms with Crippen molar-refractivity contribution in [2.45, 2.75) is 382 Å². The van der Waals surface area contributed by atoms with Crippen molar-refractivity contribution in [3.8, 4) is 0 Å². The van der Waals surface area contributed by atoms with Crippen molar-refractivity contribution in [2.24, 2.45) is 21.7 Å². The van der Waals surface area contributed by atoms with E-state index in [0.717, 1.165) is 152 Å². The first-order valence-electron chi connectivity index (χ1n) is 34.7. The zero-order valence-electron chi connectivity index (χ0n) is 58.3. The topological polar surface area (TPSA) is 102 Å². The number of rotatable bonds is 30. The summed E-state index contributed by atoms with van der Waals surface area (Å²) in [6.45, 7) is 42.9. The monoisotopic (exact) mass is 1150 g/mol. The molecule has 4 aliphatic rings. The van der Waals surface area contributed by atoms with E-state index in [9.17, 15) is 28.8 Å². The lowest BCUT2D eigenvalue weighted by Gasteiger charge is -2.35. The van der Waals surface area contributed by atoms with Gasteiger partial charge in [-0.2, -0.15) is 0 Å². The Morgan fingerprint density at radius 1 is 0.293 bits per heavy atom. The highest BCUT2D eigenvalue weighted by Gasteiger charge is 2.38. The quantitative estimate of drug-likeness (QED) is 0.0710. The molecule has 0 heterocycles. The number of Topliss-reactive ketones (excluding diaryl/α,β-unsaturated/α-hetero) is 6. The normalized spacial score (nSPS) is 22.7. The molecule has 4 rings (SSSR count). The Bertz CT molecular complexity index is 1940. The summed E-state index contributed by atoms with van der Waals surface area (Å²) < 4.78 is 0. The molecular weight excluding hydrogens is 1010 g/mol. The van der Waals surface area contributed by atoms with E-state index in [1.807, 2.05) is 6.92 Å². The van der Waals surface area contributed by atoms with E-state index in [0.29, 0.717) is 28.9 Å². The van der Waals surface area contributed by atoms with Crippen LogP contribution in [0.4, 0.5) is 0 Å². The molecule has 0 saturated heterocycles. The molecule has 6 heteroatoms. The van der Waals surface area contributed by atoms with Crippen LogP contribution in [0.25, 0.3) is 0 Å². The van der Waals surface area contributed by atoms with Crippen molar-refractivity contribution < 1.29 is 28.8 Å². The van der Waals surface area contributed by atoms with Gasteiger partial charge >= 0.3 is 0 Å². The fraction of sp³-hybridized carbons (Fsp3) is 0.816. The average molecular weight is 1150 g/mol. The predicted octanol–water partition coefficient (Wildman–Crippen LogP) is 23.7. The fourth-order valence-corrected chi connectivity index (χ4v) is 13.9. The zero-order valence-corrected chi connectivity index (χ0v) is 58.3. The second-order valence-electron chi connectivity index (χ2n) is 27.2. The molecule has 82 heavy (non-hydrogen) atoms. The van der Waals surface area contributed by atoms with Gasteiger partial charge in [-0.15, -0.1) is 0 Å². The van der Waals surface area contributed by atoms with Gasteiger partial charge in [-0.05, 0) is 193 Å². The molecule has 0 spiro atoms. The molecule has 0 radical (unpaired) electrons. The minimum Gasteiger partial charge on any atom is -0.300 e. The third-order valence-electron chi connectivity index (χ3n) is 17.6. The van der Waals surface area contributed by atoms with E-state index in [4.69, 9.17) is 0 Å². The molecule has 4 atom stereocenters. The van der Waals surface area contributed by atoms with Crippen LogP contribution in [0.5, 0.6) is 0 Å². The van der Waals surface area contributed by atoms with Crippen LogP contribution in [0.2, 0.25) is 0 Å². The Morgan fingerprint density at radius 2 is 0.549 bits per heavy atom. The van der Waals surface area contributed by atoms with E-state index in [1.54, 1.807) is 13.8 Å². The van der Waals surface area contributed by atoms with Crippen molar-refractivity contribution in [2.75, 3.05) is 0 Å². The Balaban J connectivity index is 0. The van der Waals surface area contributed by atoms with E-state index >= 15 is 0 Å². The maximum Gasteiger partial charge on any atom is 0.159 e. The van der Waals surface area contributed by atoms with Crippen LogP contribution in [0, 0.1) is 21.7 Å². The van der Waals surface area contributed by atoms with Gasteiger partial charge in [-0.25, -0.2) is 0 Å². The van der Waals surface area contributed by atoms with Gasteiger partial charge in [0, 0.05) is 38.5 Å². The molecule has 0 bridgehead atoms. The Kier molecular flexibility index (Phi) is 44.8. The predicted molar refractivity (Wildman–Crippen MR) is 357 cm³/mol. The fourth-order valence-electron chi connectivity index (χ4n) is 13.9. The van der Waals surface area contributed by atoms with Gasteiger partial charge in [-0.3, -0.25) is 19.2 Å². The van der Waals surface area contributed by atoms with Crippen LogP contribution in [-0.4, -0.2) is 34.7 Å². The summed E-state index contributed by atoms with van der Waals surface area (Å²) in [4.78, 5) is 69.4. The highest BCUT2D eigenvalue weighted by Crippen LogP contribution is 2.47. The molecule has 0 aromatic heterocycles. The minimum absolute atomic E-state index is 0.242. The summed E-state index contributed by atoms with van der Waals surface area (Å²) in [6, 6.07) is 0. The Labute approximate surface area is 509 Å². The van der Waals surface area contributed by atoms with Crippen LogP contribution in [0.15, 0.2) is 44.6 Å². The molecule has 476 valence electrons. The van der Waals surface area contributed by atoms with Crippen LogP contribution in [-0.2, 0) is 28.8 Å². The van der Waals surface area contributed by atoms with E-state index in [-0.39, 0.29) is 27.4 Å². The van der Waals surface area contributed by atoms with E-state index < -0.39 is 0 Å². The zero-order chi connectivity index (χ0) is 63.0. The smallest absolute Gasteiger partial charge is 0.159 e. The Hall–Kier alpha value is -3.02. The second-order valence-corrected chi connectivity index (χ2v) is 27.2. The maximum absolute atomic E-state index is 12.4. The highest BCUT2D eigenvalue weighted by molar-refractivity contribution is 5.99. The number of ketones is 6. The molecule has 0 aromatic rings. The van der Waals surface area contributed by atoms with Crippen LogP contribution < -0.4 is 0 Å². The standard InChI is InChI=1S/2C17H30O.C16H28O.C15H26O.C6H12O.C5H10O/c2*1-5-8-10-14-12-17(4,11-7-3)13-16(18)15(14)9-6-2;1-5-8-9-13-11-16(4,10-6-2)12-15(17)14(13)7-3;1-5-8-12-10-15(4,9-6-2)11-14(16)13(12)7-3;1-3-4-5-6(2)7;1-3-4-5(2)6/h2*5-13H2,1-4H3;5-12H2,1-4H3;5-11H2,1-4H3;3-5H2,1-2H3;3-4H2,1-2H3. The lowest BCUT2D eigenvalue weighted by molar-refractivity contribution is -0.119. The molecule has 0 amide bonds. The third kappa shape index (κ3) is 32.5. The molecule has 0 fully saturated rings. The average Bonchev–Trinajstić information content (AvgIpc) is 3.44. The molecule has 0 N–H and O–H groups in total. The summed E-state index contributed by atoms with van der Waals surface area (Å²) in [5.74, 6) is 2.35. The number of hydrogen-bond donors (Lipinski definition) is 0. The lowest BCUT2D eigenvalue weighted by Crippen LogP contribution is -2.28.